The van der Waals surface area contributed by atoms with E-state index in [2.05, 4.69) is 31.2 Å². The highest BCUT2D eigenvalue weighted by Gasteiger charge is 2.09. The maximum Gasteiger partial charge on any atom is 0.149 e. The molecule has 0 saturated carbocycles. The molecule has 0 saturated heterocycles. The number of nitrogens with zero attached hydrogens (tertiary/aromatic N) is 3. The summed E-state index contributed by atoms with van der Waals surface area (Å²) >= 11 is 15.2. The molecule has 0 unspecified atom stereocenters. The normalized spacial score (nSPS) is 9.89. The lowest BCUT2D eigenvalue weighted by Gasteiger charge is -2.09. The van der Waals surface area contributed by atoms with Gasteiger partial charge < -0.3 is 5.32 Å². The first kappa shape index (κ1) is 13.1. The lowest BCUT2D eigenvalue weighted by molar-refractivity contribution is 1.15. The van der Waals surface area contributed by atoms with Gasteiger partial charge in [0.2, 0.25) is 0 Å². The zero-order valence-corrected chi connectivity index (χ0v) is 11.9. The number of anilines is 2. The van der Waals surface area contributed by atoms with E-state index >= 15 is 0 Å². The lowest BCUT2D eigenvalue weighted by Crippen LogP contribution is -1.97. The predicted octanol–water partition coefficient (Wildman–Crippen LogP) is 4.16. The number of nitriles is 1. The Balaban J connectivity index is 2.40. The molecule has 90 valence electrons. The van der Waals surface area contributed by atoms with Crippen LogP contribution in [0.5, 0.6) is 0 Å². The fraction of sp³-hybridized carbons (Fsp3) is 0. The van der Waals surface area contributed by atoms with Crippen molar-refractivity contribution in [1.29, 1.82) is 5.26 Å². The average molecular weight is 344 g/mol. The van der Waals surface area contributed by atoms with Crippen LogP contribution in [-0.2, 0) is 0 Å². The summed E-state index contributed by atoms with van der Waals surface area (Å²) in [4.78, 5) is 7.86. The Morgan fingerprint density at radius 3 is 2.78 bits per heavy atom. The zero-order chi connectivity index (χ0) is 13.1. The van der Waals surface area contributed by atoms with Crippen LogP contribution in [0.25, 0.3) is 0 Å². The van der Waals surface area contributed by atoms with Gasteiger partial charge >= 0.3 is 0 Å². The molecule has 0 fully saturated rings. The van der Waals surface area contributed by atoms with Crippen molar-refractivity contribution in [3.8, 4) is 6.07 Å². The van der Waals surface area contributed by atoms with Gasteiger partial charge in [-0.05, 0) is 34.1 Å². The second kappa shape index (κ2) is 5.53. The van der Waals surface area contributed by atoms with E-state index in [1.807, 2.05) is 6.07 Å². The van der Waals surface area contributed by atoms with Crippen molar-refractivity contribution in [2.75, 3.05) is 5.32 Å². The summed E-state index contributed by atoms with van der Waals surface area (Å²) in [5.74, 6) is 0.479. The molecule has 0 spiro atoms. The largest absolute Gasteiger partial charge is 0.338 e. The van der Waals surface area contributed by atoms with Gasteiger partial charge in [0, 0.05) is 0 Å². The molecule has 0 radical (unpaired) electrons. The molecule has 0 bridgehead atoms. The highest BCUT2D eigenvalue weighted by molar-refractivity contribution is 9.10. The number of rotatable bonds is 2. The summed E-state index contributed by atoms with van der Waals surface area (Å²) in [5, 5.41) is 12.6. The van der Waals surface area contributed by atoms with Crippen LogP contribution in [-0.4, -0.2) is 9.97 Å². The SMILES string of the molecule is N#Cc1ccc(Cl)c(Nc2ncnc(Cl)c2Br)c1. The highest BCUT2D eigenvalue weighted by atomic mass is 79.9. The molecule has 1 aromatic carbocycles. The highest BCUT2D eigenvalue weighted by Crippen LogP contribution is 2.31. The minimum atomic E-state index is 0.292. The van der Waals surface area contributed by atoms with E-state index in [-0.39, 0.29) is 0 Å². The molecule has 1 heterocycles. The van der Waals surface area contributed by atoms with Crippen molar-refractivity contribution in [2.24, 2.45) is 0 Å². The Bertz CT molecular complexity index is 639. The maximum absolute atomic E-state index is 8.84. The molecule has 1 aromatic heterocycles. The Morgan fingerprint density at radius 1 is 1.28 bits per heavy atom. The minimum absolute atomic E-state index is 0.292. The molecule has 0 aliphatic heterocycles. The topological polar surface area (TPSA) is 61.6 Å². The summed E-state index contributed by atoms with van der Waals surface area (Å²) in [7, 11) is 0. The fourth-order valence-electron chi connectivity index (χ4n) is 1.25. The van der Waals surface area contributed by atoms with E-state index in [0.29, 0.717) is 31.7 Å². The van der Waals surface area contributed by atoms with Gasteiger partial charge in [-0.25, -0.2) is 9.97 Å². The first-order chi connectivity index (χ1) is 8.61. The van der Waals surface area contributed by atoms with E-state index in [4.69, 9.17) is 28.5 Å². The van der Waals surface area contributed by atoms with Crippen LogP contribution in [0.2, 0.25) is 10.2 Å². The Labute approximate surface area is 122 Å². The van der Waals surface area contributed by atoms with Crippen molar-refractivity contribution >= 4 is 50.6 Å². The summed E-state index contributed by atoms with van der Waals surface area (Å²) < 4.78 is 0.532. The van der Waals surface area contributed by atoms with E-state index < -0.39 is 0 Å². The van der Waals surface area contributed by atoms with Crippen LogP contribution >= 0.6 is 39.1 Å². The summed E-state index contributed by atoms with van der Waals surface area (Å²) in [6, 6.07) is 6.94. The van der Waals surface area contributed by atoms with Gasteiger partial charge in [0.25, 0.3) is 0 Å². The van der Waals surface area contributed by atoms with Gasteiger partial charge in [0.15, 0.2) is 0 Å². The fourth-order valence-corrected chi connectivity index (χ4v) is 1.86. The van der Waals surface area contributed by atoms with Gasteiger partial charge in [-0.1, -0.05) is 23.2 Å². The van der Waals surface area contributed by atoms with Crippen molar-refractivity contribution in [1.82, 2.24) is 9.97 Å². The summed E-state index contributed by atoms with van der Waals surface area (Å²) in [6.45, 7) is 0. The van der Waals surface area contributed by atoms with Crippen LogP contribution in [0.3, 0.4) is 0 Å². The average Bonchev–Trinajstić information content (AvgIpc) is 2.37. The van der Waals surface area contributed by atoms with E-state index in [9.17, 15) is 0 Å². The van der Waals surface area contributed by atoms with Crippen LogP contribution in [0.1, 0.15) is 5.56 Å². The Kier molecular flexibility index (Phi) is 4.02. The number of aromatic nitrogens is 2. The zero-order valence-electron chi connectivity index (χ0n) is 8.78. The Hall–Kier alpha value is -1.35. The van der Waals surface area contributed by atoms with Crippen molar-refractivity contribution < 1.29 is 0 Å². The third-order valence-corrected chi connectivity index (χ3v) is 3.69. The van der Waals surface area contributed by atoms with Gasteiger partial charge in [-0.3, -0.25) is 0 Å². The molecule has 7 heteroatoms. The minimum Gasteiger partial charge on any atom is -0.338 e. The third-order valence-electron chi connectivity index (χ3n) is 2.10. The molecule has 2 rings (SSSR count). The van der Waals surface area contributed by atoms with E-state index in [1.165, 1.54) is 6.33 Å². The molecule has 4 nitrogen and oxygen atoms in total. The van der Waals surface area contributed by atoms with Crippen LogP contribution in [0, 0.1) is 11.3 Å². The number of halogens is 3. The second-order valence-electron chi connectivity index (χ2n) is 3.26. The van der Waals surface area contributed by atoms with Crippen LogP contribution < -0.4 is 5.32 Å². The Morgan fingerprint density at radius 2 is 2.06 bits per heavy atom. The van der Waals surface area contributed by atoms with Gasteiger partial charge in [0.1, 0.15) is 17.3 Å². The molecule has 0 aliphatic rings. The molecule has 1 N–H and O–H groups in total. The van der Waals surface area contributed by atoms with Gasteiger partial charge in [0.05, 0.1) is 26.8 Å². The lowest BCUT2D eigenvalue weighted by atomic mass is 10.2. The van der Waals surface area contributed by atoms with E-state index in [1.54, 1.807) is 18.2 Å². The van der Waals surface area contributed by atoms with Crippen molar-refractivity contribution in [3.63, 3.8) is 0 Å². The number of nitrogens with one attached hydrogen (secondary N) is 1. The predicted molar refractivity (Wildman–Crippen MR) is 74.2 cm³/mol. The smallest absolute Gasteiger partial charge is 0.149 e. The number of hydrogen-bond donors (Lipinski definition) is 1. The third kappa shape index (κ3) is 2.72. The molecule has 0 amide bonds. The quantitative estimate of drug-likeness (QED) is 0.831. The number of hydrogen-bond acceptors (Lipinski definition) is 4. The first-order valence-corrected chi connectivity index (χ1v) is 6.29. The van der Waals surface area contributed by atoms with E-state index in [0.717, 1.165) is 0 Å². The first-order valence-electron chi connectivity index (χ1n) is 4.74. The van der Waals surface area contributed by atoms with Gasteiger partial charge in [-0.2, -0.15) is 5.26 Å². The molecule has 18 heavy (non-hydrogen) atoms. The molecular weight excluding hydrogens is 339 g/mol. The number of benzene rings is 1. The van der Waals surface area contributed by atoms with Crippen molar-refractivity contribution in [3.05, 3.63) is 44.7 Å². The summed E-state index contributed by atoms with van der Waals surface area (Å²) in [6.07, 6.45) is 1.33. The van der Waals surface area contributed by atoms with Gasteiger partial charge in [-0.15, -0.1) is 0 Å². The maximum atomic E-state index is 8.84. The molecule has 0 atom stereocenters. The summed E-state index contributed by atoms with van der Waals surface area (Å²) in [5.41, 5.74) is 1.07. The van der Waals surface area contributed by atoms with Crippen molar-refractivity contribution in [2.45, 2.75) is 0 Å². The molecule has 2 aromatic rings. The molecule has 0 aliphatic carbocycles. The monoisotopic (exact) mass is 342 g/mol. The van der Waals surface area contributed by atoms with Crippen LogP contribution in [0.4, 0.5) is 11.5 Å². The second-order valence-corrected chi connectivity index (χ2v) is 4.82. The molecular formula is C11H5BrCl2N4. The standard InChI is InChI=1S/C11H5BrCl2N4/c12-9-10(14)16-5-17-11(9)18-8-3-6(4-15)1-2-7(8)13/h1-3,5H,(H,16,17,18). The van der Waals surface area contributed by atoms with Crippen LogP contribution in [0.15, 0.2) is 29.0 Å².